The molecule has 0 fully saturated rings. The summed E-state index contributed by atoms with van der Waals surface area (Å²) in [7, 11) is 0. The van der Waals surface area contributed by atoms with Crippen molar-refractivity contribution in [3.63, 3.8) is 0 Å². The number of thioether (sulfide) groups is 1. The molecule has 0 unspecified atom stereocenters. The van der Waals surface area contributed by atoms with E-state index in [0.717, 1.165) is 53.0 Å². The molecular weight excluding hydrogens is 491 g/mol. The van der Waals surface area contributed by atoms with Crippen LogP contribution in [0.1, 0.15) is 44.6 Å². The number of alkyl halides is 3. The van der Waals surface area contributed by atoms with E-state index in [-0.39, 0.29) is 12.5 Å². The van der Waals surface area contributed by atoms with Crippen molar-refractivity contribution in [2.45, 2.75) is 42.6 Å². The lowest BCUT2D eigenvalue weighted by atomic mass is 10.0. The van der Waals surface area contributed by atoms with Crippen LogP contribution in [0.15, 0.2) is 59.5 Å². The highest BCUT2D eigenvalue weighted by Crippen LogP contribution is 2.40. The van der Waals surface area contributed by atoms with Crippen molar-refractivity contribution < 1.29 is 32.6 Å². The van der Waals surface area contributed by atoms with Crippen LogP contribution < -0.4 is 9.64 Å². The van der Waals surface area contributed by atoms with Crippen LogP contribution in [0, 0.1) is 0 Å². The maximum Gasteiger partial charge on any atom is 0.416 e. The molecule has 0 bridgehead atoms. The lowest BCUT2D eigenvalue weighted by Crippen LogP contribution is -2.23. The van der Waals surface area contributed by atoms with Gasteiger partial charge in [-0.15, -0.1) is 11.8 Å². The molecule has 1 N–H and O–H groups in total. The SMILES string of the molecule is O=C(O)COc1ccc(SCc2cccc3c2CN(c2ccc(C(F)(F)F)cc2)C3=O)c2c1CCC2. The molecular formula is C27H22F3NO4S. The Bertz CT molecular complexity index is 1340. The third-order valence-electron chi connectivity index (χ3n) is 6.50. The number of aliphatic carboxylic acids is 1. The van der Waals surface area contributed by atoms with E-state index in [1.165, 1.54) is 22.6 Å². The number of halogens is 3. The summed E-state index contributed by atoms with van der Waals surface area (Å²) in [6.07, 6.45) is -1.71. The number of carboxylic acid groups (broad SMARTS) is 1. The van der Waals surface area contributed by atoms with Gasteiger partial charge in [0.15, 0.2) is 6.61 Å². The number of benzene rings is 3. The van der Waals surface area contributed by atoms with Crippen molar-refractivity contribution in [1.82, 2.24) is 0 Å². The Labute approximate surface area is 209 Å². The van der Waals surface area contributed by atoms with E-state index in [4.69, 9.17) is 9.84 Å². The van der Waals surface area contributed by atoms with Crippen LogP contribution in [0.25, 0.3) is 0 Å². The van der Waals surface area contributed by atoms with E-state index in [1.54, 1.807) is 17.8 Å². The minimum absolute atomic E-state index is 0.225. The number of fused-ring (bicyclic) bond motifs is 2. The number of hydrogen-bond donors (Lipinski definition) is 1. The predicted octanol–water partition coefficient (Wildman–Crippen LogP) is 6.11. The maximum absolute atomic E-state index is 13.0. The van der Waals surface area contributed by atoms with Gasteiger partial charge in [0.1, 0.15) is 5.75 Å². The summed E-state index contributed by atoms with van der Waals surface area (Å²) in [6, 6.07) is 14.0. The highest BCUT2D eigenvalue weighted by atomic mass is 32.2. The van der Waals surface area contributed by atoms with Gasteiger partial charge in [0.05, 0.1) is 12.1 Å². The first kappa shape index (κ1) is 24.2. The molecule has 0 saturated heterocycles. The van der Waals surface area contributed by atoms with Gasteiger partial charge in [-0.25, -0.2) is 4.79 Å². The molecule has 5 rings (SSSR count). The molecule has 3 aromatic carbocycles. The molecule has 5 nitrogen and oxygen atoms in total. The number of ether oxygens (including phenoxy) is 1. The molecule has 36 heavy (non-hydrogen) atoms. The molecule has 0 atom stereocenters. The second-order valence-electron chi connectivity index (χ2n) is 8.72. The van der Waals surface area contributed by atoms with Gasteiger partial charge < -0.3 is 14.7 Å². The molecule has 1 heterocycles. The Hall–Kier alpha value is -3.46. The summed E-state index contributed by atoms with van der Waals surface area (Å²) < 4.78 is 44.3. The van der Waals surface area contributed by atoms with Crippen LogP contribution in [0.3, 0.4) is 0 Å². The van der Waals surface area contributed by atoms with Crippen LogP contribution in [0.2, 0.25) is 0 Å². The van der Waals surface area contributed by atoms with E-state index in [9.17, 15) is 22.8 Å². The fourth-order valence-electron chi connectivity index (χ4n) is 4.78. The Kier molecular flexibility index (Phi) is 6.42. The Morgan fingerprint density at radius 3 is 2.47 bits per heavy atom. The zero-order valence-corrected chi connectivity index (χ0v) is 19.9. The number of hydrogen-bond acceptors (Lipinski definition) is 4. The smallest absolute Gasteiger partial charge is 0.416 e. The van der Waals surface area contributed by atoms with Crippen molar-refractivity contribution >= 4 is 29.3 Å². The molecule has 9 heteroatoms. The van der Waals surface area contributed by atoms with E-state index >= 15 is 0 Å². The zero-order valence-electron chi connectivity index (χ0n) is 19.1. The molecule has 186 valence electrons. The minimum Gasteiger partial charge on any atom is -0.482 e. The maximum atomic E-state index is 13.0. The number of carboxylic acids is 1. The van der Waals surface area contributed by atoms with Crippen LogP contribution in [0.4, 0.5) is 18.9 Å². The molecule has 3 aromatic rings. The Morgan fingerprint density at radius 1 is 1.00 bits per heavy atom. The van der Waals surface area contributed by atoms with Crippen LogP contribution in [0.5, 0.6) is 5.75 Å². The summed E-state index contributed by atoms with van der Waals surface area (Å²) in [5, 5.41) is 8.92. The molecule has 2 aliphatic rings. The lowest BCUT2D eigenvalue weighted by molar-refractivity contribution is -0.139. The average molecular weight is 514 g/mol. The third-order valence-corrected chi connectivity index (χ3v) is 7.65. The van der Waals surface area contributed by atoms with Crippen molar-refractivity contribution in [3.8, 4) is 5.75 Å². The lowest BCUT2D eigenvalue weighted by Gasteiger charge is -2.17. The van der Waals surface area contributed by atoms with E-state index < -0.39 is 17.7 Å². The van der Waals surface area contributed by atoms with Crippen LogP contribution in [-0.2, 0) is 36.1 Å². The van der Waals surface area contributed by atoms with E-state index in [1.807, 2.05) is 24.3 Å². The first-order valence-corrected chi connectivity index (χ1v) is 12.4. The summed E-state index contributed by atoms with van der Waals surface area (Å²) in [6.45, 7) is -0.0745. The van der Waals surface area contributed by atoms with Crippen molar-refractivity contribution in [3.05, 3.63) is 88.0 Å². The zero-order chi connectivity index (χ0) is 25.4. The molecule has 0 spiro atoms. The highest BCUT2D eigenvalue weighted by Gasteiger charge is 2.33. The second-order valence-corrected chi connectivity index (χ2v) is 9.74. The van der Waals surface area contributed by atoms with Gasteiger partial charge in [0.25, 0.3) is 5.91 Å². The summed E-state index contributed by atoms with van der Waals surface area (Å²) in [5.74, 6) is 0.00194. The average Bonchev–Trinajstić information content (AvgIpc) is 3.47. The fraction of sp³-hybridized carbons (Fsp3) is 0.259. The number of carbonyl (C=O) groups excluding carboxylic acids is 1. The largest absolute Gasteiger partial charge is 0.482 e. The van der Waals surface area contributed by atoms with Crippen molar-refractivity contribution in [1.29, 1.82) is 0 Å². The van der Waals surface area contributed by atoms with E-state index in [0.29, 0.717) is 29.3 Å². The summed E-state index contributed by atoms with van der Waals surface area (Å²) in [5.41, 5.74) is 4.36. The molecule has 0 aromatic heterocycles. The van der Waals surface area contributed by atoms with Gasteiger partial charge in [0, 0.05) is 21.9 Å². The fourth-order valence-corrected chi connectivity index (χ4v) is 5.92. The number of rotatable bonds is 7. The van der Waals surface area contributed by atoms with Gasteiger partial charge in [-0.3, -0.25) is 4.79 Å². The number of anilines is 1. The Balaban J connectivity index is 1.34. The monoisotopic (exact) mass is 513 g/mol. The molecule has 1 amide bonds. The standard InChI is InChI=1S/C27H22F3NO4S/c28-27(29,30)17-7-9-18(10-8-17)31-13-22-16(3-1-6-21(22)26(31)34)15-36-24-12-11-23(35-14-25(32)33)19-4-2-5-20(19)24/h1,3,6-12H,2,4-5,13-15H2,(H,32,33). The summed E-state index contributed by atoms with van der Waals surface area (Å²) >= 11 is 1.65. The Morgan fingerprint density at radius 2 is 1.75 bits per heavy atom. The van der Waals surface area contributed by atoms with Crippen molar-refractivity contribution in [2.75, 3.05) is 11.5 Å². The van der Waals surface area contributed by atoms with Crippen LogP contribution >= 0.6 is 11.8 Å². The van der Waals surface area contributed by atoms with Crippen LogP contribution in [-0.4, -0.2) is 23.6 Å². The quantitative estimate of drug-likeness (QED) is 0.386. The predicted molar refractivity (Wildman–Crippen MR) is 130 cm³/mol. The van der Waals surface area contributed by atoms with Gasteiger partial charge >= 0.3 is 12.1 Å². The normalized spacial score (nSPS) is 14.6. The van der Waals surface area contributed by atoms with Crippen molar-refractivity contribution in [2.24, 2.45) is 0 Å². The molecule has 1 aliphatic heterocycles. The van der Waals surface area contributed by atoms with Gasteiger partial charge in [0.2, 0.25) is 0 Å². The molecule has 0 radical (unpaired) electrons. The topological polar surface area (TPSA) is 66.8 Å². The van der Waals surface area contributed by atoms with E-state index in [2.05, 4.69) is 0 Å². The number of amides is 1. The number of carbonyl (C=O) groups is 2. The molecule has 1 aliphatic carbocycles. The third kappa shape index (κ3) is 4.67. The van der Waals surface area contributed by atoms with Gasteiger partial charge in [-0.1, -0.05) is 12.1 Å². The summed E-state index contributed by atoms with van der Waals surface area (Å²) in [4.78, 5) is 26.5. The molecule has 0 saturated carbocycles. The number of nitrogens with zero attached hydrogens (tertiary/aromatic N) is 1. The second kappa shape index (κ2) is 9.54. The highest BCUT2D eigenvalue weighted by molar-refractivity contribution is 7.98. The van der Waals surface area contributed by atoms with Gasteiger partial charge in [-0.05, 0) is 84.0 Å². The first-order chi connectivity index (χ1) is 17.2. The minimum atomic E-state index is -4.43. The van der Waals surface area contributed by atoms with Gasteiger partial charge in [-0.2, -0.15) is 13.2 Å². The first-order valence-electron chi connectivity index (χ1n) is 11.4.